The summed E-state index contributed by atoms with van der Waals surface area (Å²) < 4.78 is 15.4. The number of fused-ring (bicyclic) bond motifs is 8. The van der Waals surface area contributed by atoms with Crippen LogP contribution in [0.5, 0.6) is 0 Å². The molecule has 3 fully saturated rings. The van der Waals surface area contributed by atoms with E-state index in [9.17, 15) is 19.2 Å². The molecule has 1 aromatic heterocycles. The third-order valence-corrected chi connectivity index (χ3v) is 14.3. The Morgan fingerprint density at radius 3 is 2.24 bits per heavy atom. The number of carbonyl (C=O) groups excluding carboxylic acids is 4. The van der Waals surface area contributed by atoms with Crippen LogP contribution in [0.2, 0.25) is 0 Å². The molecule has 4 aliphatic rings. The second-order valence-electron chi connectivity index (χ2n) is 18.6. The summed E-state index contributed by atoms with van der Waals surface area (Å²) in [5.41, 5.74) is 7.60. The summed E-state index contributed by atoms with van der Waals surface area (Å²) in [5, 5.41) is 9.87. The van der Waals surface area contributed by atoms with Crippen LogP contribution in [0.1, 0.15) is 68.6 Å². The summed E-state index contributed by atoms with van der Waals surface area (Å²) in [5.74, 6) is 0.768. The number of imidazole rings is 1. The molecule has 0 unspecified atom stereocenters. The molecule has 1 saturated carbocycles. The number of aromatic amines is 1. The van der Waals surface area contributed by atoms with Crippen LogP contribution in [0.3, 0.4) is 0 Å². The highest BCUT2D eigenvalue weighted by Crippen LogP contribution is 2.50. The quantitative estimate of drug-likeness (QED) is 0.116. The van der Waals surface area contributed by atoms with Gasteiger partial charge in [0.05, 0.1) is 49.6 Å². The predicted molar refractivity (Wildman–Crippen MR) is 252 cm³/mol. The monoisotopic (exact) mass is 889 g/mol. The van der Waals surface area contributed by atoms with Crippen LogP contribution < -0.4 is 10.6 Å². The summed E-state index contributed by atoms with van der Waals surface area (Å²) in [6.45, 7) is 4.86. The van der Waals surface area contributed by atoms with Crippen LogP contribution in [-0.4, -0.2) is 102 Å². The number of carbonyl (C=O) groups is 4. The minimum absolute atomic E-state index is 0.0945. The molecule has 2 saturated heterocycles. The van der Waals surface area contributed by atoms with Gasteiger partial charge >= 0.3 is 12.2 Å². The Kier molecular flexibility index (Phi) is 11.5. The number of rotatable bonds is 11. The molecule has 4 amide bonds. The van der Waals surface area contributed by atoms with Crippen molar-refractivity contribution in [3.8, 4) is 11.1 Å². The Labute approximate surface area is 383 Å². The van der Waals surface area contributed by atoms with Crippen molar-refractivity contribution >= 4 is 68.0 Å². The van der Waals surface area contributed by atoms with Crippen LogP contribution in [0.25, 0.3) is 43.7 Å². The fourth-order valence-corrected chi connectivity index (χ4v) is 11.2. The first kappa shape index (κ1) is 43.1. The molecule has 6 aromatic rings. The zero-order valence-electron chi connectivity index (χ0n) is 37.9. The first-order valence-electron chi connectivity index (χ1n) is 22.9. The van der Waals surface area contributed by atoms with E-state index in [-0.39, 0.29) is 41.8 Å². The molecule has 340 valence electrons. The SMILES string of the molecule is COC[C@H]1C[C@@H](C2=Nc3ccc4cc(-c5ccc6c(ccc7[nH]c([C@@H]8[C@@H]9CC[C@@H](C9)N8C(=O)[C@@H](NC(=O)OC)C(C)C)nc76)c5)ccc4c3C2)N(C(=O)[C@H](NC(=O)OC)c2ccccc2)C1. The molecule has 0 spiro atoms. The number of ether oxygens (including phenoxy) is 3. The molecule has 5 aromatic carbocycles. The highest BCUT2D eigenvalue weighted by Gasteiger charge is 2.51. The number of likely N-dealkylation sites (tertiary alicyclic amines) is 2. The summed E-state index contributed by atoms with van der Waals surface area (Å²) in [7, 11) is 4.28. The number of benzene rings is 5. The predicted octanol–water partition coefficient (Wildman–Crippen LogP) is 8.56. The normalized spacial score (nSPS) is 21.9. The Morgan fingerprint density at radius 1 is 0.803 bits per heavy atom. The van der Waals surface area contributed by atoms with Gasteiger partial charge in [-0.1, -0.05) is 80.6 Å². The number of methoxy groups -OCH3 is 3. The van der Waals surface area contributed by atoms with Crippen LogP contribution in [-0.2, 0) is 30.2 Å². The van der Waals surface area contributed by atoms with E-state index in [4.69, 9.17) is 24.2 Å². The largest absolute Gasteiger partial charge is 0.453 e. The number of nitrogens with one attached hydrogen (secondary N) is 3. The Hall–Kier alpha value is -6.80. The second-order valence-corrected chi connectivity index (χ2v) is 18.6. The maximum atomic E-state index is 14.4. The van der Waals surface area contributed by atoms with E-state index in [2.05, 4.69) is 76.3 Å². The molecule has 3 aliphatic heterocycles. The molecule has 3 N–H and O–H groups in total. The van der Waals surface area contributed by atoms with Crippen LogP contribution in [0.4, 0.5) is 15.3 Å². The molecule has 2 bridgehead atoms. The number of amides is 4. The number of alkyl carbamates (subject to hydrolysis) is 2. The van der Waals surface area contributed by atoms with Gasteiger partial charge in [-0.15, -0.1) is 0 Å². The van der Waals surface area contributed by atoms with Gasteiger partial charge in [0.25, 0.3) is 0 Å². The van der Waals surface area contributed by atoms with Crippen LogP contribution >= 0.6 is 0 Å². The van der Waals surface area contributed by atoms with E-state index in [0.717, 1.165) is 85.8 Å². The minimum Gasteiger partial charge on any atom is -0.453 e. The number of H-pyrrole nitrogens is 1. The smallest absolute Gasteiger partial charge is 0.407 e. The lowest BCUT2D eigenvalue weighted by molar-refractivity contribution is -0.139. The lowest BCUT2D eigenvalue weighted by atomic mass is 9.94. The first-order chi connectivity index (χ1) is 32.0. The Bertz CT molecular complexity index is 2910. The van der Waals surface area contributed by atoms with Crippen molar-refractivity contribution in [2.24, 2.45) is 22.7 Å². The fourth-order valence-electron chi connectivity index (χ4n) is 11.2. The molecule has 4 heterocycles. The van der Waals surface area contributed by atoms with Gasteiger partial charge in [-0.2, -0.15) is 0 Å². The van der Waals surface area contributed by atoms with Gasteiger partial charge in [-0.25, -0.2) is 14.6 Å². The van der Waals surface area contributed by atoms with E-state index < -0.39 is 24.3 Å². The number of aliphatic imine (C=N–C) groups is 1. The Balaban J connectivity index is 0.903. The first-order valence-corrected chi connectivity index (χ1v) is 22.9. The van der Waals surface area contributed by atoms with E-state index in [1.165, 1.54) is 14.2 Å². The third kappa shape index (κ3) is 7.70. The molecule has 1 aliphatic carbocycles. The molecule has 14 heteroatoms. The van der Waals surface area contributed by atoms with Gasteiger partial charge in [0.2, 0.25) is 11.8 Å². The number of hydrogen-bond acceptors (Lipinski definition) is 9. The second kappa shape index (κ2) is 17.5. The van der Waals surface area contributed by atoms with Crippen LogP contribution in [0, 0.1) is 17.8 Å². The molecular weight excluding hydrogens is 835 g/mol. The van der Waals surface area contributed by atoms with Gasteiger partial charge in [0.15, 0.2) is 0 Å². The fraction of sp³-hybridized carbons (Fsp3) is 0.385. The minimum atomic E-state index is -0.916. The van der Waals surface area contributed by atoms with Gasteiger partial charge < -0.3 is 39.6 Å². The number of hydrogen-bond donors (Lipinski definition) is 3. The van der Waals surface area contributed by atoms with Crippen molar-refractivity contribution in [1.29, 1.82) is 0 Å². The standard InChI is InChI=1S/C52H55N7O7/c1-28(2)44(56-51(62)65-4)50(61)59-36-16-11-35(24-36)47(59)48-54-41-20-15-34-23-32(13-18-38(34)46(41)55-48)31-12-17-37-33(22-31)14-19-40-39(37)25-42(53-40)43-21-29(27-64-3)26-58(43)49(60)45(57-52(63)66-5)30-9-7-6-8-10-30/h6-10,12-15,17-20,22-23,28-29,35-36,43-45,47H,11,16,21,24-27H2,1-5H3,(H,54,55)(H,56,62)(H,57,63)/t29-,35+,36-,43-,44-,45+,47-/m0/s1. The van der Waals surface area contributed by atoms with E-state index >= 15 is 0 Å². The van der Waals surface area contributed by atoms with Gasteiger partial charge in [0.1, 0.15) is 17.9 Å². The van der Waals surface area contributed by atoms with Crippen molar-refractivity contribution < 1.29 is 33.4 Å². The summed E-state index contributed by atoms with van der Waals surface area (Å²) >= 11 is 0. The van der Waals surface area contributed by atoms with Crippen molar-refractivity contribution in [3.63, 3.8) is 0 Å². The van der Waals surface area contributed by atoms with Crippen molar-refractivity contribution in [3.05, 3.63) is 108 Å². The molecule has 66 heavy (non-hydrogen) atoms. The van der Waals surface area contributed by atoms with E-state index in [1.54, 1.807) is 7.11 Å². The maximum Gasteiger partial charge on any atom is 0.407 e. The molecule has 0 radical (unpaired) electrons. The number of piperidine rings is 1. The van der Waals surface area contributed by atoms with Gasteiger partial charge in [-0.3, -0.25) is 14.6 Å². The average Bonchev–Trinajstić information content (AvgIpc) is 4.20. The molecule has 7 atom stereocenters. The molecular formula is C52H55N7O7. The summed E-state index contributed by atoms with van der Waals surface area (Å²) in [4.78, 5) is 71.1. The lowest BCUT2D eigenvalue weighted by Gasteiger charge is -2.37. The van der Waals surface area contributed by atoms with E-state index in [0.29, 0.717) is 37.5 Å². The Morgan fingerprint density at radius 2 is 1.52 bits per heavy atom. The van der Waals surface area contributed by atoms with Gasteiger partial charge in [-0.05, 0) is 100 Å². The highest BCUT2D eigenvalue weighted by atomic mass is 16.5. The average molecular weight is 890 g/mol. The summed E-state index contributed by atoms with van der Waals surface area (Å²) in [6.07, 6.45) is 2.92. The summed E-state index contributed by atoms with van der Waals surface area (Å²) in [6, 6.07) is 28.7. The van der Waals surface area contributed by atoms with Crippen molar-refractivity contribution in [1.82, 2.24) is 30.4 Å². The van der Waals surface area contributed by atoms with Gasteiger partial charge in [0, 0.05) is 43.1 Å². The van der Waals surface area contributed by atoms with E-state index in [1.807, 2.05) is 54.0 Å². The third-order valence-electron chi connectivity index (χ3n) is 14.3. The topological polar surface area (TPSA) is 168 Å². The van der Waals surface area contributed by atoms with Crippen LogP contribution in [0.15, 0.2) is 96.0 Å². The van der Waals surface area contributed by atoms with Crippen molar-refractivity contribution in [2.45, 2.75) is 76.2 Å². The zero-order chi connectivity index (χ0) is 45.8. The highest BCUT2D eigenvalue weighted by molar-refractivity contribution is 6.08. The zero-order valence-corrected chi connectivity index (χ0v) is 37.9. The lowest BCUT2D eigenvalue weighted by Crippen LogP contribution is -2.54. The number of nitrogens with zero attached hydrogens (tertiary/aromatic N) is 4. The molecule has 10 rings (SSSR count). The number of aromatic nitrogens is 2. The van der Waals surface area contributed by atoms with Crippen molar-refractivity contribution in [2.75, 3.05) is 34.5 Å². The maximum absolute atomic E-state index is 14.4. The molecule has 14 nitrogen and oxygen atoms in total.